The first kappa shape index (κ1) is 14.9. The Morgan fingerprint density at radius 1 is 1.53 bits per heavy atom. The van der Waals surface area contributed by atoms with Gasteiger partial charge in [-0.05, 0) is 12.8 Å². The number of carbonyl (C=O) groups is 1. The van der Waals surface area contributed by atoms with E-state index in [2.05, 4.69) is 27.5 Å². The van der Waals surface area contributed by atoms with E-state index in [1.807, 2.05) is 0 Å². The number of carbonyl (C=O) groups excluding carboxylic acids is 1. The molecule has 0 aromatic carbocycles. The van der Waals surface area contributed by atoms with Gasteiger partial charge in [-0.3, -0.25) is 0 Å². The fourth-order valence-corrected chi connectivity index (χ4v) is 4.44. The molecule has 3 N–H and O–H groups in total. The van der Waals surface area contributed by atoms with Crippen LogP contribution in [0.2, 0.25) is 5.54 Å². The van der Waals surface area contributed by atoms with Crippen molar-refractivity contribution < 1.29 is 14.4 Å². The summed E-state index contributed by atoms with van der Waals surface area (Å²) in [5.41, 5.74) is -0.115. The monoisotopic (exact) mass is 324 g/mol. The van der Waals surface area contributed by atoms with Crippen LogP contribution in [0.4, 0.5) is 4.79 Å². The van der Waals surface area contributed by atoms with Gasteiger partial charge < -0.3 is 19.8 Å². The molecule has 5 nitrogen and oxygen atoms in total. The zero-order valence-electron chi connectivity index (χ0n) is 10.2. The van der Waals surface area contributed by atoms with Gasteiger partial charge in [0.15, 0.2) is 0 Å². The molecular weight excluding hydrogens is 304 g/mol. The molecule has 1 fully saturated rings. The third kappa shape index (κ3) is 4.95. The van der Waals surface area contributed by atoms with Gasteiger partial charge in [-0.1, -0.05) is 35.1 Å². The van der Waals surface area contributed by atoms with Crippen LogP contribution in [0, 0.1) is 0 Å². The summed E-state index contributed by atoms with van der Waals surface area (Å²) in [5, 5.41) is 2.74. The van der Waals surface area contributed by atoms with Crippen LogP contribution in [-0.2, 0) is 0 Å². The quantitative estimate of drug-likeness (QED) is 0.488. The van der Waals surface area contributed by atoms with Crippen molar-refractivity contribution in [2.75, 3.05) is 19.6 Å². The van der Waals surface area contributed by atoms with Gasteiger partial charge in [0, 0.05) is 25.2 Å². The number of unbranched alkanes of at least 4 members (excludes halogenated alkanes) is 1. The Labute approximate surface area is 111 Å². The summed E-state index contributed by atoms with van der Waals surface area (Å²) >= 11 is 3.03. The lowest BCUT2D eigenvalue weighted by molar-refractivity contribution is 0.215. The molecule has 1 atom stereocenters. The zero-order valence-corrected chi connectivity index (χ0v) is 12.7. The summed E-state index contributed by atoms with van der Waals surface area (Å²) in [5.74, 6) is 0. The average molecular weight is 325 g/mol. The molecule has 0 radical (unpaired) electrons. The molecule has 0 aliphatic carbocycles. The molecule has 1 aliphatic heterocycles. The number of halogens is 1. The zero-order chi connectivity index (χ0) is 12.9. The number of rotatable bonds is 7. The number of urea groups is 1. The minimum Gasteiger partial charge on any atom is -0.403 e. The highest BCUT2D eigenvalue weighted by molar-refractivity contribution is 9.25. The molecule has 2 amide bonds. The SMILES string of the molecule is CCCCC(CCN1CCNC1=O)[Si](O)(O)Br. The van der Waals surface area contributed by atoms with Gasteiger partial charge in [0.25, 0.3) is 0 Å². The Hall–Kier alpha value is -0.113. The molecule has 7 heteroatoms. The Bertz CT molecular complexity index is 260. The molecule has 0 spiro atoms. The van der Waals surface area contributed by atoms with Crippen molar-refractivity contribution in [3.8, 4) is 0 Å². The number of hydrogen-bond donors (Lipinski definition) is 3. The average Bonchev–Trinajstić information content (AvgIpc) is 2.62. The van der Waals surface area contributed by atoms with E-state index in [9.17, 15) is 14.4 Å². The molecule has 1 rings (SSSR count). The summed E-state index contributed by atoms with van der Waals surface area (Å²) in [6.45, 7) is 4.08. The van der Waals surface area contributed by atoms with Crippen molar-refractivity contribution in [1.82, 2.24) is 10.2 Å². The lowest BCUT2D eigenvalue weighted by atomic mass is 10.1. The Morgan fingerprint density at radius 3 is 2.71 bits per heavy atom. The largest absolute Gasteiger partial charge is 0.412 e. The smallest absolute Gasteiger partial charge is 0.403 e. The molecule has 1 heterocycles. The molecule has 0 bridgehead atoms. The first-order valence-electron chi connectivity index (χ1n) is 6.11. The summed E-state index contributed by atoms with van der Waals surface area (Å²) in [7, 11) is -3.26. The van der Waals surface area contributed by atoms with Crippen LogP contribution < -0.4 is 5.32 Å². The van der Waals surface area contributed by atoms with Crippen LogP contribution in [0.3, 0.4) is 0 Å². The number of amides is 2. The highest BCUT2D eigenvalue weighted by atomic mass is 79.9. The highest BCUT2D eigenvalue weighted by Gasteiger charge is 2.37. The second-order valence-corrected chi connectivity index (χ2v) is 10.1. The molecule has 100 valence electrons. The van der Waals surface area contributed by atoms with Crippen molar-refractivity contribution in [2.45, 2.75) is 38.1 Å². The fourth-order valence-electron chi connectivity index (χ4n) is 2.00. The predicted octanol–water partition coefficient (Wildman–Crippen LogP) is 1.28. The minimum atomic E-state index is -3.26. The third-order valence-corrected chi connectivity index (χ3v) is 6.68. The van der Waals surface area contributed by atoms with Gasteiger partial charge in [-0.2, -0.15) is 0 Å². The summed E-state index contributed by atoms with van der Waals surface area (Å²) in [6.07, 6.45) is 3.48. The van der Waals surface area contributed by atoms with Crippen LogP contribution in [0.15, 0.2) is 0 Å². The topological polar surface area (TPSA) is 72.8 Å². The molecule has 0 aromatic rings. The van der Waals surface area contributed by atoms with E-state index in [-0.39, 0.29) is 11.6 Å². The van der Waals surface area contributed by atoms with Crippen LogP contribution in [-0.4, -0.2) is 47.3 Å². The predicted molar refractivity (Wildman–Crippen MR) is 72.0 cm³/mol. The van der Waals surface area contributed by atoms with E-state index < -0.39 is 7.18 Å². The lowest BCUT2D eigenvalue weighted by Gasteiger charge is -2.25. The van der Waals surface area contributed by atoms with Crippen molar-refractivity contribution in [1.29, 1.82) is 0 Å². The second kappa shape index (κ2) is 6.72. The summed E-state index contributed by atoms with van der Waals surface area (Å²) in [6, 6.07) is -0.0445. The van der Waals surface area contributed by atoms with Crippen LogP contribution in [0.5, 0.6) is 0 Å². The molecule has 17 heavy (non-hydrogen) atoms. The normalized spacial score (nSPS) is 18.4. The standard InChI is InChI=1S/C10H21BrN2O3Si/c1-2-3-4-9(17(11,15)16)5-7-13-8-6-12-10(13)14/h9,15-16H,2-8H2,1H3,(H,12,14). The molecule has 1 unspecified atom stereocenters. The maximum Gasteiger partial charge on any atom is 0.412 e. The molecule has 1 saturated heterocycles. The number of nitrogens with one attached hydrogen (secondary N) is 1. The Balaban J connectivity index is 2.40. The first-order chi connectivity index (χ1) is 7.95. The van der Waals surface area contributed by atoms with E-state index in [1.54, 1.807) is 4.90 Å². The molecule has 0 saturated carbocycles. The van der Waals surface area contributed by atoms with E-state index in [4.69, 9.17) is 0 Å². The van der Waals surface area contributed by atoms with E-state index in [1.165, 1.54) is 0 Å². The Kier molecular flexibility index (Phi) is 5.91. The second-order valence-electron chi connectivity index (χ2n) is 4.48. The lowest BCUT2D eigenvalue weighted by Crippen LogP contribution is -2.37. The minimum absolute atomic E-state index is 0.0445. The maximum absolute atomic E-state index is 11.3. The number of nitrogens with zero attached hydrogens (tertiary/aromatic N) is 1. The Morgan fingerprint density at radius 2 is 2.24 bits per heavy atom. The third-order valence-electron chi connectivity index (χ3n) is 3.12. The highest BCUT2D eigenvalue weighted by Crippen LogP contribution is 2.31. The van der Waals surface area contributed by atoms with Gasteiger partial charge in [0.05, 0.1) is 0 Å². The van der Waals surface area contributed by atoms with Gasteiger partial charge in [0.2, 0.25) is 0 Å². The van der Waals surface area contributed by atoms with Crippen molar-refractivity contribution in [3.63, 3.8) is 0 Å². The van der Waals surface area contributed by atoms with Crippen LogP contribution >= 0.6 is 15.3 Å². The van der Waals surface area contributed by atoms with E-state index in [0.717, 1.165) is 19.3 Å². The van der Waals surface area contributed by atoms with Gasteiger partial charge >= 0.3 is 13.2 Å². The molecular formula is C10H21BrN2O3Si. The van der Waals surface area contributed by atoms with E-state index in [0.29, 0.717) is 26.1 Å². The summed E-state index contributed by atoms with van der Waals surface area (Å²) < 4.78 is 0. The summed E-state index contributed by atoms with van der Waals surface area (Å²) in [4.78, 5) is 32.5. The maximum atomic E-state index is 11.3. The number of hydrogen-bond acceptors (Lipinski definition) is 3. The molecule has 0 aromatic heterocycles. The van der Waals surface area contributed by atoms with Gasteiger partial charge in [-0.15, -0.1) is 0 Å². The van der Waals surface area contributed by atoms with Crippen LogP contribution in [0.25, 0.3) is 0 Å². The van der Waals surface area contributed by atoms with E-state index >= 15 is 0 Å². The van der Waals surface area contributed by atoms with Crippen molar-refractivity contribution in [3.05, 3.63) is 0 Å². The van der Waals surface area contributed by atoms with Crippen LogP contribution in [0.1, 0.15) is 32.6 Å². The van der Waals surface area contributed by atoms with Gasteiger partial charge in [-0.25, -0.2) is 4.79 Å². The molecule has 1 aliphatic rings. The fraction of sp³-hybridized carbons (Fsp3) is 0.900. The van der Waals surface area contributed by atoms with Crippen molar-refractivity contribution >= 4 is 28.5 Å². The first-order valence-corrected chi connectivity index (χ1v) is 10.3. The van der Waals surface area contributed by atoms with Gasteiger partial charge in [0.1, 0.15) is 0 Å². The van der Waals surface area contributed by atoms with Crippen molar-refractivity contribution in [2.24, 2.45) is 0 Å².